The minimum absolute atomic E-state index is 0.108. The second-order valence-corrected chi connectivity index (χ2v) is 3.49. The molecular formula is C12H14O4. The van der Waals surface area contributed by atoms with Gasteiger partial charge in [-0.3, -0.25) is 4.79 Å². The van der Waals surface area contributed by atoms with Crippen LogP contribution in [0.1, 0.15) is 22.8 Å². The van der Waals surface area contributed by atoms with Crippen LogP contribution in [0.15, 0.2) is 24.3 Å². The number of hydrogen-bond donors (Lipinski definition) is 3. The summed E-state index contributed by atoms with van der Waals surface area (Å²) in [5, 5.41) is 27.8. The Hall–Kier alpha value is -1.65. The molecule has 0 saturated heterocycles. The zero-order chi connectivity index (χ0) is 12.1. The monoisotopic (exact) mass is 222 g/mol. The van der Waals surface area contributed by atoms with Crippen LogP contribution in [0.5, 0.6) is 5.75 Å². The van der Waals surface area contributed by atoms with E-state index in [2.05, 4.69) is 0 Å². The van der Waals surface area contributed by atoms with Gasteiger partial charge in [0.15, 0.2) is 6.29 Å². The van der Waals surface area contributed by atoms with Crippen LogP contribution in [-0.2, 0) is 0 Å². The quantitative estimate of drug-likeness (QED) is 0.663. The molecule has 4 nitrogen and oxygen atoms in total. The lowest BCUT2D eigenvalue weighted by Crippen LogP contribution is -2.19. The van der Waals surface area contributed by atoms with E-state index in [9.17, 15) is 15.0 Å². The number of hydrogen-bond acceptors (Lipinski definition) is 4. The van der Waals surface area contributed by atoms with Crippen molar-refractivity contribution in [1.82, 2.24) is 0 Å². The van der Waals surface area contributed by atoms with E-state index in [1.807, 2.05) is 0 Å². The van der Waals surface area contributed by atoms with Crippen LogP contribution in [0, 0.1) is 0 Å². The first-order valence-corrected chi connectivity index (χ1v) is 4.87. The minimum atomic E-state index is -0.998. The topological polar surface area (TPSA) is 77.8 Å². The van der Waals surface area contributed by atoms with Crippen molar-refractivity contribution < 1.29 is 20.1 Å². The number of aliphatic hydroxyl groups is 2. The van der Waals surface area contributed by atoms with Crippen LogP contribution in [-0.4, -0.2) is 33.8 Å². The van der Waals surface area contributed by atoms with E-state index < -0.39 is 12.2 Å². The predicted molar refractivity (Wildman–Crippen MR) is 60.2 cm³/mol. The van der Waals surface area contributed by atoms with Crippen molar-refractivity contribution in [1.29, 1.82) is 0 Å². The van der Waals surface area contributed by atoms with Crippen molar-refractivity contribution in [3.05, 3.63) is 35.4 Å². The molecule has 0 fully saturated rings. The van der Waals surface area contributed by atoms with Gasteiger partial charge < -0.3 is 15.3 Å². The average Bonchev–Trinajstić information content (AvgIpc) is 2.25. The molecule has 16 heavy (non-hydrogen) atoms. The third-order valence-corrected chi connectivity index (χ3v) is 2.20. The second kappa shape index (κ2) is 5.44. The molecule has 0 amide bonds. The lowest BCUT2D eigenvalue weighted by molar-refractivity contribution is 0.0624. The standard InChI is InChI=1S/C12H14O4/c1-8(14)11(15)6-5-9-3-2-4-12(16)10(9)7-13/h2-8,11,14-16H,1H3/b6-5+/t8-,11-/m1/s1. The average molecular weight is 222 g/mol. The summed E-state index contributed by atoms with van der Waals surface area (Å²) in [6.07, 6.45) is 1.52. The van der Waals surface area contributed by atoms with Gasteiger partial charge in [0.25, 0.3) is 0 Å². The Balaban J connectivity index is 2.97. The molecule has 0 aliphatic carbocycles. The van der Waals surface area contributed by atoms with Gasteiger partial charge in [0.05, 0.1) is 17.8 Å². The van der Waals surface area contributed by atoms with Gasteiger partial charge in [-0.15, -0.1) is 0 Å². The van der Waals surface area contributed by atoms with Gasteiger partial charge in [-0.2, -0.15) is 0 Å². The third-order valence-electron chi connectivity index (χ3n) is 2.20. The highest BCUT2D eigenvalue weighted by Crippen LogP contribution is 2.20. The van der Waals surface area contributed by atoms with E-state index in [4.69, 9.17) is 5.11 Å². The fourth-order valence-electron chi connectivity index (χ4n) is 1.21. The molecule has 3 N–H and O–H groups in total. The highest BCUT2D eigenvalue weighted by molar-refractivity contribution is 5.85. The zero-order valence-corrected chi connectivity index (χ0v) is 8.87. The summed E-state index contributed by atoms with van der Waals surface area (Å²) in [6.45, 7) is 1.46. The first kappa shape index (κ1) is 12.4. The highest BCUT2D eigenvalue weighted by Gasteiger charge is 2.07. The molecule has 0 radical (unpaired) electrons. The largest absolute Gasteiger partial charge is 0.507 e. The van der Waals surface area contributed by atoms with Gasteiger partial charge in [0, 0.05) is 0 Å². The molecule has 0 saturated carbocycles. The number of carbonyl (C=O) groups is 1. The number of phenolic OH excluding ortho intramolecular Hbond substituents is 1. The Morgan fingerprint density at radius 2 is 2.00 bits per heavy atom. The molecule has 1 aromatic rings. The Morgan fingerprint density at radius 1 is 1.31 bits per heavy atom. The Kier molecular flexibility index (Phi) is 4.22. The zero-order valence-electron chi connectivity index (χ0n) is 8.87. The van der Waals surface area contributed by atoms with E-state index in [1.54, 1.807) is 12.1 Å². The van der Waals surface area contributed by atoms with Gasteiger partial charge >= 0.3 is 0 Å². The summed E-state index contributed by atoms with van der Waals surface area (Å²) in [6, 6.07) is 4.64. The van der Waals surface area contributed by atoms with E-state index >= 15 is 0 Å². The number of carbonyl (C=O) groups excluding carboxylic acids is 1. The molecular weight excluding hydrogens is 208 g/mol. The number of phenols is 1. The van der Waals surface area contributed by atoms with E-state index in [-0.39, 0.29) is 11.3 Å². The summed E-state index contributed by atoms with van der Waals surface area (Å²) in [4.78, 5) is 10.7. The van der Waals surface area contributed by atoms with Crippen LogP contribution >= 0.6 is 0 Å². The minimum Gasteiger partial charge on any atom is -0.507 e. The lowest BCUT2D eigenvalue weighted by atomic mass is 10.1. The van der Waals surface area contributed by atoms with Crippen LogP contribution < -0.4 is 0 Å². The van der Waals surface area contributed by atoms with Crippen LogP contribution in [0.3, 0.4) is 0 Å². The molecule has 0 aliphatic rings. The Morgan fingerprint density at radius 3 is 2.56 bits per heavy atom. The molecule has 2 atom stereocenters. The summed E-state index contributed by atoms with van der Waals surface area (Å²) in [5.41, 5.74) is 0.659. The highest BCUT2D eigenvalue weighted by atomic mass is 16.3. The number of aldehydes is 1. The maximum absolute atomic E-state index is 10.7. The van der Waals surface area contributed by atoms with Crippen molar-refractivity contribution in [2.24, 2.45) is 0 Å². The first-order valence-electron chi connectivity index (χ1n) is 4.87. The summed E-state index contributed by atoms with van der Waals surface area (Å²) >= 11 is 0. The van der Waals surface area contributed by atoms with Gasteiger partial charge in [-0.25, -0.2) is 0 Å². The Bertz CT molecular complexity index is 396. The summed E-state index contributed by atoms with van der Waals surface area (Å²) < 4.78 is 0. The SMILES string of the molecule is C[C@@H](O)[C@H](O)/C=C/c1cccc(O)c1C=O. The number of aliphatic hydroxyl groups excluding tert-OH is 2. The molecule has 86 valence electrons. The van der Waals surface area contributed by atoms with Crippen molar-refractivity contribution in [3.63, 3.8) is 0 Å². The van der Waals surface area contributed by atoms with E-state index in [0.29, 0.717) is 11.8 Å². The summed E-state index contributed by atoms with van der Waals surface area (Å²) in [7, 11) is 0. The molecule has 0 aromatic heterocycles. The van der Waals surface area contributed by atoms with Crippen molar-refractivity contribution in [2.45, 2.75) is 19.1 Å². The second-order valence-electron chi connectivity index (χ2n) is 3.49. The predicted octanol–water partition coefficient (Wildman–Crippen LogP) is 0.960. The molecule has 0 aliphatic heterocycles. The smallest absolute Gasteiger partial charge is 0.154 e. The van der Waals surface area contributed by atoms with Gasteiger partial charge in [-0.05, 0) is 18.6 Å². The number of benzene rings is 1. The van der Waals surface area contributed by atoms with Gasteiger partial charge in [0.2, 0.25) is 0 Å². The molecule has 0 heterocycles. The van der Waals surface area contributed by atoms with Crippen molar-refractivity contribution in [3.8, 4) is 5.75 Å². The number of aromatic hydroxyl groups is 1. The fraction of sp³-hybridized carbons (Fsp3) is 0.250. The van der Waals surface area contributed by atoms with E-state index in [1.165, 1.54) is 25.1 Å². The lowest BCUT2D eigenvalue weighted by Gasteiger charge is -2.08. The Labute approximate surface area is 93.5 Å². The molecule has 4 heteroatoms. The van der Waals surface area contributed by atoms with Crippen LogP contribution in [0.25, 0.3) is 6.08 Å². The van der Waals surface area contributed by atoms with Crippen LogP contribution in [0.2, 0.25) is 0 Å². The molecule has 0 spiro atoms. The molecule has 0 unspecified atom stereocenters. The fourth-order valence-corrected chi connectivity index (χ4v) is 1.21. The van der Waals surface area contributed by atoms with Crippen molar-refractivity contribution in [2.75, 3.05) is 0 Å². The maximum atomic E-state index is 10.7. The first-order chi connectivity index (χ1) is 7.56. The molecule has 1 rings (SSSR count). The third kappa shape index (κ3) is 2.92. The van der Waals surface area contributed by atoms with Gasteiger partial charge in [-0.1, -0.05) is 24.3 Å². The molecule has 0 bridgehead atoms. The van der Waals surface area contributed by atoms with Crippen molar-refractivity contribution >= 4 is 12.4 Å². The van der Waals surface area contributed by atoms with Gasteiger partial charge in [0.1, 0.15) is 5.75 Å². The maximum Gasteiger partial charge on any atom is 0.154 e. The van der Waals surface area contributed by atoms with E-state index in [0.717, 1.165) is 0 Å². The normalized spacial score (nSPS) is 14.9. The molecule has 1 aromatic carbocycles. The van der Waals surface area contributed by atoms with Crippen LogP contribution in [0.4, 0.5) is 0 Å². The number of rotatable bonds is 4. The summed E-state index contributed by atoms with van der Waals surface area (Å²) in [5.74, 6) is -0.108.